The minimum atomic E-state index is -3.74. The molecule has 0 fully saturated rings. The molecule has 0 aromatic heterocycles. The van der Waals surface area contributed by atoms with E-state index in [-0.39, 0.29) is 16.6 Å². The smallest absolute Gasteiger partial charge is 0.293 e. The largest absolute Gasteiger partial charge is 0.359 e. The second-order valence-electron chi connectivity index (χ2n) is 5.93. The summed E-state index contributed by atoms with van der Waals surface area (Å²) in [5, 5.41) is 11.5. The van der Waals surface area contributed by atoms with Crippen LogP contribution in [-0.4, -0.2) is 26.9 Å². The van der Waals surface area contributed by atoms with Crippen molar-refractivity contribution < 1.29 is 13.3 Å². The SMILES string of the molecule is CNS(=O)(=O)c1ccc(N2CCc3ccccc3C2C)c([N+](=O)[O-])c1. The first-order valence-corrected chi connectivity index (χ1v) is 9.40. The van der Waals surface area contributed by atoms with Crippen LogP contribution in [0.3, 0.4) is 0 Å². The number of nitro benzene ring substituents is 1. The number of hydrogen-bond donors (Lipinski definition) is 1. The molecule has 0 radical (unpaired) electrons. The van der Waals surface area contributed by atoms with Gasteiger partial charge in [0.1, 0.15) is 5.69 Å². The summed E-state index contributed by atoms with van der Waals surface area (Å²) in [5.41, 5.74) is 2.60. The van der Waals surface area contributed by atoms with Gasteiger partial charge in [0, 0.05) is 12.6 Å². The zero-order valence-corrected chi connectivity index (χ0v) is 14.8. The number of fused-ring (bicyclic) bond motifs is 1. The molecule has 1 unspecified atom stereocenters. The van der Waals surface area contributed by atoms with Crippen LogP contribution in [-0.2, 0) is 16.4 Å². The molecule has 0 bridgehead atoms. The minimum absolute atomic E-state index is 0.0320. The number of nitrogens with zero attached hydrogens (tertiary/aromatic N) is 2. The molecule has 2 aromatic rings. The van der Waals surface area contributed by atoms with Gasteiger partial charge >= 0.3 is 0 Å². The van der Waals surface area contributed by atoms with Crippen molar-refractivity contribution in [2.75, 3.05) is 18.5 Å². The van der Waals surface area contributed by atoms with Crippen LogP contribution in [0, 0.1) is 10.1 Å². The topological polar surface area (TPSA) is 92.6 Å². The van der Waals surface area contributed by atoms with Crippen LogP contribution < -0.4 is 9.62 Å². The summed E-state index contributed by atoms with van der Waals surface area (Å²) < 4.78 is 26.1. The van der Waals surface area contributed by atoms with Gasteiger partial charge in [-0.05, 0) is 43.7 Å². The maximum Gasteiger partial charge on any atom is 0.293 e. The Bertz CT molecular complexity index is 927. The van der Waals surface area contributed by atoms with Gasteiger partial charge < -0.3 is 4.90 Å². The van der Waals surface area contributed by atoms with Crippen molar-refractivity contribution in [2.24, 2.45) is 0 Å². The number of benzene rings is 2. The van der Waals surface area contributed by atoms with E-state index < -0.39 is 14.9 Å². The molecule has 1 heterocycles. The van der Waals surface area contributed by atoms with E-state index in [1.807, 2.05) is 30.0 Å². The third-order valence-electron chi connectivity index (χ3n) is 4.63. The molecular weight excluding hydrogens is 342 g/mol. The fourth-order valence-electron chi connectivity index (χ4n) is 3.28. The van der Waals surface area contributed by atoms with Gasteiger partial charge in [0.2, 0.25) is 10.0 Å². The highest BCUT2D eigenvalue weighted by molar-refractivity contribution is 7.89. The van der Waals surface area contributed by atoms with Crippen molar-refractivity contribution in [2.45, 2.75) is 24.3 Å². The molecule has 1 aliphatic heterocycles. The maximum absolute atomic E-state index is 11.9. The lowest BCUT2D eigenvalue weighted by atomic mass is 9.93. The highest BCUT2D eigenvalue weighted by Crippen LogP contribution is 2.38. The average molecular weight is 361 g/mol. The summed E-state index contributed by atoms with van der Waals surface area (Å²) in [4.78, 5) is 12.9. The summed E-state index contributed by atoms with van der Waals surface area (Å²) in [6.07, 6.45) is 0.786. The van der Waals surface area contributed by atoms with Crippen LogP contribution >= 0.6 is 0 Å². The summed E-state index contributed by atoms with van der Waals surface area (Å²) in [6, 6.07) is 12.0. The van der Waals surface area contributed by atoms with Gasteiger partial charge in [-0.25, -0.2) is 13.1 Å². The van der Waals surface area contributed by atoms with Crippen LogP contribution in [0.4, 0.5) is 11.4 Å². The van der Waals surface area contributed by atoms with Crippen molar-refractivity contribution >= 4 is 21.4 Å². The first kappa shape index (κ1) is 17.4. The third-order valence-corrected chi connectivity index (χ3v) is 6.04. The van der Waals surface area contributed by atoms with Crippen LogP contribution in [0.5, 0.6) is 0 Å². The number of rotatable bonds is 4. The van der Waals surface area contributed by atoms with E-state index in [1.54, 1.807) is 0 Å². The van der Waals surface area contributed by atoms with E-state index in [9.17, 15) is 18.5 Å². The Hall–Kier alpha value is -2.45. The molecule has 3 rings (SSSR count). The van der Waals surface area contributed by atoms with Crippen LogP contribution in [0.2, 0.25) is 0 Å². The molecule has 1 atom stereocenters. The molecule has 0 aliphatic carbocycles. The molecule has 0 saturated carbocycles. The highest BCUT2D eigenvalue weighted by Gasteiger charge is 2.30. The summed E-state index contributed by atoms with van der Waals surface area (Å²) in [5.74, 6) is 0. The van der Waals surface area contributed by atoms with Gasteiger partial charge in [-0.1, -0.05) is 24.3 Å². The third kappa shape index (κ3) is 3.10. The Kier molecular flexibility index (Phi) is 4.49. The molecule has 7 nitrogen and oxygen atoms in total. The van der Waals surface area contributed by atoms with Gasteiger partial charge in [-0.3, -0.25) is 10.1 Å². The minimum Gasteiger partial charge on any atom is -0.359 e. The van der Waals surface area contributed by atoms with E-state index >= 15 is 0 Å². The molecule has 2 aromatic carbocycles. The predicted octanol–water partition coefficient (Wildman–Crippen LogP) is 2.63. The van der Waals surface area contributed by atoms with Gasteiger partial charge in [-0.15, -0.1) is 0 Å². The van der Waals surface area contributed by atoms with E-state index in [0.717, 1.165) is 18.1 Å². The maximum atomic E-state index is 11.9. The number of hydrogen-bond acceptors (Lipinski definition) is 5. The fraction of sp³-hybridized carbons (Fsp3) is 0.294. The molecule has 132 valence electrons. The molecule has 0 saturated heterocycles. The van der Waals surface area contributed by atoms with Crippen molar-refractivity contribution in [3.8, 4) is 0 Å². The monoisotopic (exact) mass is 361 g/mol. The van der Waals surface area contributed by atoms with Crippen molar-refractivity contribution in [3.05, 3.63) is 63.7 Å². The predicted molar refractivity (Wildman–Crippen MR) is 95.2 cm³/mol. The normalized spacial score (nSPS) is 17.2. The summed E-state index contributed by atoms with van der Waals surface area (Å²) >= 11 is 0. The number of nitro groups is 1. The molecule has 0 amide bonds. The van der Waals surface area contributed by atoms with Crippen molar-refractivity contribution in [3.63, 3.8) is 0 Å². The molecule has 0 spiro atoms. The van der Waals surface area contributed by atoms with Crippen LogP contribution in [0.15, 0.2) is 47.4 Å². The molecule has 1 N–H and O–H groups in total. The fourth-order valence-corrected chi connectivity index (χ4v) is 4.03. The summed E-state index contributed by atoms with van der Waals surface area (Å²) in [7, 11) is -2.46. The molecular formula is C17H19N3O4S. The average Bonchev–Trinajstić information content (AvgIpc) is 2.62. The standard InChI is InChI=1S/C17H19N3O4S/c1-12-15-6-4-3-5-13(15)9-10-19(12)16-8-7-14(25(23,24)18-2)11-17(16)20(21)22/h3-8,11-12,18H,9-10H2,1-2H3. The van der Waals surface area contributed by atoms with Crippen molar-refractivity contribution in [1.82, 2.24) is 4.72 Å². The van der Waals surface area contributed by atoms with Gasteiger partial charge in [0.05, 0.1) is 15.9 Å². The second-order valence-corrected chi connectivity index (χ2v) is 7.82. The Morgan fingerprint density at radius 2 is 1.96 bits per heavy atom. The lowest BCUT2D eigenvalue weighted by Gasteiger charge is -2.36. The zero-order chi connectivity index (χ0) is 18.2. The van der Waals surface area contributed by atoms with Crippen LogP contribution in [0.25, 0.3) is 0 Å². The van der Waals surface area contributed by atoms with Gasteiger partial charge in [-0.2, -0.15) is 0 Å². The van der Waals surface area contributed by atoms with Gasteiger partial charge in [0.25, 0.3) is 5.69 Å². The molecule has 8 heteroatoms. The number of nitrogens with one attached hydrogen (secondary N) is 1. The van der Waals surface area contributed by atoms with Crippen LogP contribution in [0.1, 0.15) is 24.1 Å². The number of anilines is 1. The first-order chi connectivity index (χ1) is 11.8. The zero-order valence-electron chi connectivity index (χ0n) is 14.0. The highest BCUT2D eigenvalue weighted by atomic mass is 32.2. The lowest BCUT2D eigenvalue weighted by Crippen LogP contribution is -2.34. The van der Waals surface area contributed by atoms with E-state index in [4.69, 9.17) is 0 Å². The first-order valence-electron chi connectivity index (χ1n) is 7.91. The Labute approximate surface area is 146 Å². The van der Waals surface area contributed by atoms with Crippen molar-refractivity contribution in [1.29, 1.82) is 0 Å². The quantitative estimate of drug-likeness (QED) is 0.667. The summed E-state index contributed by atoms with van der Waals surface area (Å²) in [6.45, 7) is 2.64. The Morgan fingerprint density at radius 3 is 2.64 bits per heavy atom. The van der Waals surface area contributed by atoms with E-state index in [0.29, 0.717) is 12.2 Å². The lowest BCUT2D eigenvalue weighted by molar-refractivity contribution is -0.384. The molecule has 25 heavy (non-hydrogen) atoms. The van der Waals surface area contributed by atoms with E-state index in [2.05, 4.69) is 10.8 Å². The Morgan fingerprint density at radius 1 is 1.24 bits per heavy atom. The Balaban J connectivity index is 2.07. The van der Waals surface area contributed by atoms with Gasteiger partial charge in [0.15, 0.2) is 0 Å². The number of sulfonamides is 1. The molecule has 1 aliphatic rings. The second kappa shape index (κ2) is 6.45. The van der Waals surface area contributed by atoms with E-state index in [1.165, 1.54) is 24.7 Å².